The predicted octanol–water partition coefficient (Wildman–Crippen LogP) is 1.33. The van der Waals surface area contributed by atoms with Crippen LogP contribution in [0.3, 0.4) is 0 Å². The molecule has 16 heavy (non-hydrogen) atoms. The summed E-state index contributed by atoms with van der Waals surface area (Å²) in [6.45, 7) is 5.55. The van der Waals surface area contributed by atoms with Gasteiger partial charge in [0.2, 0.25) is 0 Å². The number of methoxy groups -OCH3 is 1. The van der Waals surface area contributed by atoms with E-state index in [1.807, 2.05) is 6.20 Å². The van der Waals surface area contributed by atoms with E-state index in [1.165, 1.54) is 4.88 Å². The molecule has 1 heterocycles. The van der Waals surface area contributed by atoms with E-state index in [0.29, 0.717) is 6.54 Å². The van der Waals surface area contributed by atoms with Crippen LogP contribution in [0.4, 0.5) is 0 Å². The summed E-state index contributed by atoms with van der Waals surface area (Å²) in [5.41, 5.74) is 5.56. The van der Waals surface area contributed by atoms with Crippen molar-refractivity contribution < 1.29 is 4.74 Å². The van der Waals surface area contributed by atoms with Crippen LogP contribution in [0.15, 0.2) is 6.20 Å². The summed E-state index contributed by atoms with van der Waals surface area (Å²) in [5.74, 6) is 0. The molecule has 0 bridgehead atoms. The predicted molar refractivity (Wildman–Crippen MR) is 67.8 cm³/mol. The summed E-state index contributed by atoms with van der Waals surface area (Å²) in [7, 11) is 1.68. The number of nitrogens with one attached hydrogen (secondary N) is 1. The molecule has 0 aromatic carbocycles. The molecule has 1 aromatic heterocycles. The number of ether oxygens (including phenoxy) is 1. The summed E-state index contributed by atoms with van der Waals surface area (Å²) >= 11 is 1.76. The molecule has 5 heteroatoms. The molecule has 0 saturated heterocycles. The first-order valence-corrected chi connectivity index (χ1v) is 6.43. The Morgan fingerprint density at radius 1 is 1.62 bits per heavy atom. The second kappa shape index (κ2) is 6.96. The fraction of sp³-hybridized carbons (Fsp3) is 0.727. The molecular weight excluding hydrogens is 222 g/mol. The largest absolute Gasteiger partial charge is 0.379 e. The van der Waals surface area contributed by atoms with Crippen LogP contribution in [-0.2, 0) is 11.2 Å². The maximum absolute atomic E-state index is 5.56. The Hall–Kier alpha value is -0.490. The molecule has 0 radical (unpaired) electrons. The third-order valence-electron chi connectivity index (χ3n) is 2.54. The Balaban J connectivity index is 2.42. The van der Waals surface area contributed by atoms with Crippen LogP contribution in [-0.4, -0.2) is 31.3 Å². The second-order valence-electron chi connectivity index (χ2n) is 3.74. The summed E-state index contributed by atoms with van der Waals surface area (Å²) in [4.78, 5) is 5.73. The van der Waals surface area contributed by atoms with Crippen molar-refractivity contribution in [1.29, 1.82) is 0 Å². The van der Waals surface area contributed by atoms with E-state index >= 15 is 0 Å². The highest BCUT2D eigenvalue weighted by molar-refractivity contribution is 7.11. The zero-order valence-corrected chi connectivity index (χ0v) is 11.0. The smallest absolute Gasteiger partial charge is 0.109 e. The van der Waals surface area contributed by atoms with E-state index in [1.54, 1.807) is 18.4 Å². The molecule has 92 valence electrons. The number of nitrogens with zero attached hydrogens (tertiary/aromatic N) is 1. The average molecular weight is 243 g/mol. The highest BCUT2D eigenvalue weighted by Gasteiger charge is 2.12. The van der Waals surface area contributed by atoms with Gasteiger partial charge in [0.1, 0.15) is 5.01 Å². The van der Waals surface area contributed by atoms with Gasteiger partial charge in [-0.1, -0.05) is 6.92 Å². The lowest BCUT2D eigenvalue weighted by Gasteiger charge is -2.16. The van der Waals surface area contributed by atoms with E-state index in [0.717, 1.165) is 18.0 Å². The lowest BCUT2D eigenvalue weighted by atomic mass is 10.3. The van der Waals surface area contributed by atoms with Crippen molar-refractivity contribution >= 4 is 11.3 Å². The van der Waals surface area contributed by atoms with Crippen LogP contribution in [0.25, 0.3) is 0 Å². The fourth-order valence-electron chi connectivity index (χ4n) is 1.34. The summed E-state index contributed by atoms with van der Waals surface area (Å²) in [6.07, 6.45) is 3.08. The Kier molecular flexibility index (Phi) is 5.90. The van der Waals surface area contributed by atoms with Gasteiger partial charge >= 0.3 is 0 Å². The molecule has 1 rings (SSSR count). The summed E-state index contributed by atoms with van der Waals surface area (Å²) < 4.78 is 5.21. The number of hydrogen-bond donors (Lipinski definition) is 2. The summed E-state index contributed by atoms with van der Waals surface area (Å²) in [5, 5.41) is 4.51. The first-order chi connectivity index (χ1) is 7.71. The number of hydrogen-bond acceptors (Lipinski definition) is 5. The van der Waals surface area contributed by atoms with Gasteiger partial charge in [-0.25, -0.2) is 4.98 Å². The number of rotatable bonds is 7. The first kappa shape index (κ1) is 13.6. The molecule has 4 nitrogen and oxygen atoms in total. The van der Waals surface area contributed by atoms with E-state index in [4.69, 9.17) is 10.5 Å². The zero-order chi connectivity index (χ0) is 12.0. The standard InChI is InChI=1S/C11H21N3OS/c1-4-10-7-14-11(16-10)8(2)13-6-9(5-12)15-3/h7-9,13H,4-6,12H2,1-3H3. The minimum Gasteiger partial charge on any atom is -0.379 e. The average Bonchev–Trinajstić information content (AvgIpc) is 2.78. The Labute approximate surface area is 101 Å². The van der Waals surface area contributed by atoms with E-state index < -0.39 is 0 Å². The SMILES string of the molecule is CCc1cnc(C(C)NCC(CN)OC)s1. The van der Waals surface area contributed by atoms with Crippen molar-refractivity contribution in [2.75, 3.05) is 20.2 Å². The van der Waals surface area contributed by atoms with Gasteiger partial charge in [-0.15, -0.1) is 11.3 Å². The minimum absolute atomic E-state index is 0.0769. The molecule has 0 aliphatic rings. The second-order valence-corrected chi connectivity index (χ2v) is 4.89. The number of nitrogens with two attached hydrogens (primary N) is 1. The van der Waals surface area contributed by atoms with Gasteiger partial charge in [-0.05, 0) is 13.3 Å². The van der Waals surface area contributed by atoms with Crippen LogP contribution in [0, 0.1) is 0 Å². The molecule has 0 fully saturated rings. The maximum Gasteiger partial charge on any atom is 0.109 e. The van der Waals surface area contributed by atoms with Gasteiger partial charge in [-0.3, -0.25) is 0 Å². The molecule has 0 amide bonds. The van der Waals surface area contributed by atoms with Crippen LogP contribution < -0.4 is 11.1 Å². The third-order valence-corrected chi connectivity index (χ3v) is 3.86. The Bertz CT molecular complexity index is 299. The highest BCUT2D eigenvalue weighted by Crippen LogP contribution is 2.19. The van der Waals surface area contributed by atoms with Crippen molar-refractivity contribution in [1.82, 2.24) is 10.3 Å². The molecule has 2 atom stereocenters. The van der Waals surface area contributed by atoms with Gasteiger partial charge < -0.3 is 15.8 Å². The molecule has 1 aromatic rings. The maximum atomic E-state index is 5.56. The topological polar surface area (TPSA) is 60.2 Å². The van der Waals surface area contributed by atoms with Gasteiger partial charge in [-0.2, -0.15) is 0 Å². The molecule has 0 saturated carbocycles. The van der Waals surface area contributed by atoms with Crippen molar-refractivity contribution in [3.05, 3.63) is 16.1 Å². The zero-order valence-electron chi connectivity index (χ0n) is 10.2. The lowest BCUT2D eigenvalue weighted by molar-refractivity contribution is 0.106. The van der Waals surface area contributed by atoms with E-state index in [2.05, 4.69) is 24.1 Å². The van der Waals surface area contributed by atoms with Crippen LogP contribution in [0.1, 0.15) is 29.8 Å². The molecule has 0 aliphatic heterocycles. The van der Waals surface area contributed by atoms with Crippen molar-refractivity contribution in [3.63, 3.8) is 0 Å². The lowest BCUT2D eigenvalue weighted by Crippen LogP contribution is -2.35. The van der Waals surface area contributed by atoms with Crippen molar-refractivity contribution in [2.24, 2.45) is 5.73 Å². The normalized spacial score (nSPS) is 15.0. The van der Waals surface area contributed by atoms with Crippen LogP contribution >= 0.6 is 11.3 Å². The van der Waals surface area contributed by atoms with Gasteiger partial charge in [0.25, 0.3) is 0 Å². The highest BCUT2D eigenvalue weighted by atomic mass is 32.1. The number of thiazole rings is 1. The number of aromatic nitrogens is 1. The fourth-order valence-corrected chi connectivity index (χ4v) is 2.23. The van der Waals surface area contributed by atoms with Gasteiger partial charge in [0.15, 0.2) is 0 Å². The van der Waals surface area contributed by atoms with Gasteiger partial charge in [0, 0.05) is 31.3 Å². The first-order valence-electron chi connectivity index (χ1n) is 5.62. The van der Waals surface area contributed by atoms with Crippen molar-refractivity contribution in [3.8, 4) is 0 Å². The Morgan fingerprint density at radius 3 is 2.88 bits per heavy atom. The number of aryl methyl sites for hydroxylation is 1. The van der Waals surface area contributed by atoms with Gasteiger partial charge in [0.05, 0.1) is 12.1 Å². The molecule has 0 spiro atoms. The Morgan fingerprint density at radius 2 is 2.38 bits per heavy atom. The van der Waals surface area contributed by atoms with Crippen molar-refractivity contribution in [2.45, 2.75) is 32.4 Å². The monoisotopic (exact) mass is 243 g/mol. The van der Waals surface area contributed by atoms with E-state index in [9.17, 15) is 0 Å². The quantitative estimate of drug-likeness (QED) is 0.758. The third kappa shape index (κ3) is 3.83. The van der Waals surface area contributed by atoms with E-state index in [-0.39, 0.29) is 12.1 Å². The molecule has 3 N–H and O–H groups in total. The minimum atomic E-state index is 0.0769. The van der Waals surface area contributed by atoms with Crippen LogP contribution in [0.5, 0.6) is 0 Å². The molecular formula is C11H21N3OS. The van der Waals surface area contributed by atoms with Crippen LogP contribution in [0.2, 0.25) is 0 Å². The summed E-state index contributed by atoms with van der Waals surface area (Å²) in [6, 6.07) is 0.259. The molecule has 0 aliphatic carbocycles. The molecule has 2 unspecified atom stereocenters.